The first-order chi connectivity index (χ1) is 12.0. The number of benzene rings is 1. The predicted molar refractivity (Wildman–Crippen MR) is 105 cm³/mol. The molecule has 0 aromatic heterocycles. The number of carbonyl (C=O) groups is 1. The first kappa shape index (κ1) is 17.6. The molecule has 0 radical (unpaired) electrons. The van der Waals surface area contributed by atoms with Gasteiger partial charge in [-0.2, -0.15) is 0 Å². The Hall–Kier alpha value is -0.820. The van der Waals surface area contributed by atoms with E-state index >= 15 is 0 Å². The van der Waals surface area contributed by atoms with Gasteiger partial charge in [-0.15, -0.1) is 11.8 Å². The molecule has 4 nitrogen and oxygen atoms in total. The van der Waals surface area contributed by atoms with Gasteiger partial charge in [-0.1, -0.05) is 46.3 Å². The molecular weight excluding hydrogens is 400 g/mol. The fourth-order valence-electron chi connectivity index (χ4n) is 4.60. The maximum absolute atomic E-state index is 12.5. The zero-order valence-corrected chi connectivity index (χ0v) is 16.4. The minimum Gasteiger partial charge on any atom is -0.392 e. The summed E-state index contributed by atoms with van der Waals surface area (Å²) in [6.07, 6.45) is 2.36. The first-order valence-corrected chi connectivity index (χ1v) is 10.6. The van der Waals surface area contributed by atoms with E-state index in [0.717, 1.165) is 11.1 Å². The predicted octanol–water partition coefficient (Wildman–Crippen LogP) is 2.68. The lowest BCUT2D eigenvalue weighted by Gasteiger charge is -2.50. The number of amides is 1. The molecular formula is C19H23BrN2O2S. The van der Waals surface area contributed by atoms with Crippen molar-refractivity contribution in [1.82, 2.24) is 5.32 Å². The van der Waals surface area contributed by atoms with Crippen LogP contribution in [0.25, 0.3) is 0 Å². The van der Waals surface area contributed by atoms with Crippen LogP contribution in [0, 0.1) is 11.8 Å². The van der Waals surface area contributed by atoms with E-state index in [1.165, 1.54) is 0 Å². The summed E-state index contributed by atoms with van der Waals surface area (Å²) in [5.74, 6) is 0.477. The Balaban J connectivity index is 1.72. The smallest absolute Gasteiger partial charge is 0.234 e. The van der Waals surface area contributed by atoms with E-state index in [4.69, 9.17) is 5.73 Å². The van der Waals surface area contributed by atoms with Gasteiger partial charge in [0.2, 0.25) is 5.91 Å². The minimum absolute atomic E-state index is 0.00230. The number of thioether (sulfide) groups is 1. The highest BCUT2D eigenvalue weighted by atomic mass is 79.9. The van der Waals surface area contributed by atoms with Crippen LogP contribution in [-0.4, -0.2) is 33.2 Å². The molecule has 1 aromatic rings. The third kappa shape index (κ3) is 2.97. The van der Waals surface area contributed by atoms with E-state index in [2.05, 4.69) is 51.6 Å². The maximum atomic E-state index is 12.5. The number of hydrogen-bond donors (Lipinski definition) is 3. The van der Waals surface area contributed by atoms with Gasteiger partial charge in [0.15, 0.2) is 0 Å². The van der Waals surface area contributed by atoms with Crippen molar-refractivity contribution in [3.63, 3.8) is 0 Å². The fraction of sp³-hybridized carbons (Fsp3) is 0.526. The summed E-state index contributed by atoms with van der Waals surface area (Å²) in [4.78, 5) is 12.5. The molecule has 2 aliphatic heterocycles. The molecule has 25 heavy (non-hydrogen) atoms. The van der Waals surface area contributed by atoms with Crippen LogP contribution in [0.15, 0.2) is 35.7 Å². The number of aliphatic hydroxyl groups excluding tert-OH is 1. The Morgan fingerprint density at radius 3 is 2.76 bits per heavy atom. The molecule has 2 heterocycles. The Labute approximate surface area is 160 Å². The van der Waals surface area contributed by atoms with E-state index in [9.17, 15) is 9.90 Å². The highest BCUT2D eigenvalue weighted by molar-refractivity contribution is 9.09. The number of nitrogens with one attached hydrogen (secondary N) is 1. The van der Waals surface area contributed by atoms with E-state index < -0.39 is 6.10 Å². The summed E-state index contributed by atoms with van der Waals surface area (Å²) >= 11 is 5.29. The second-order valence-corrected chi connectivity index (χ2v) is 9.60. The van der Waals surface area contributed by atoms with Crippen molar-refractivity contribution in [3.05, 3.63) is 46.9 Å². The Kier molecular flexibility index (Phi) is 4.73. The molecule has 7 unspecified atom stereocenters. The van der Waals surface area contributed by atoms with Crippen molar-refractivity contribution >= 4 is 33.6 Å². The van der Waals surface area contributed by atoms with Crippen molar-refractivity contribution in [3.8, 4) is 0 Å². The monoisotopic (exact) mass is 422 g/mol. The number of nitrogens with two attached hydrogens (primary N) is 1. The van der Waals surface area contributed by atoms with Gasteiger partial charge in [0, 0.05) is 28.7 Å². The number of halogens is 1. The number of carbonyl (C=O) groups excluding carboxylic acids is 1. The normalized spacial score (nSPS) is 41.0. The molecule has 3 aliphatic rings. The third-order valence-electron chi connectivity index (χ3n) is 5.83. The number of hydrogen-bond acceptors (Lipinski definition) is 4. The van der Waals surface area contributed by atoms with E-state index in [1.807, 2.05) is 12.3 Å². The van der Waals surface area contributed by atoms with Gasteiger partial charge in [-0.3, -0.25) is 4.79 Å². The van der Waals surface area contributed by atoms with Crippen LogP contribution in [0.1, 0.15) is 36.4 Å². The number of allylic oxidation sites excluding steroid dienone is 1. The van der Waals surface area contributed by atoms with Crippen molar-refractivity contribution in [2.24, 2.45) is 17.6 Å². The van der Waals surface area contributed by atoms with Crippen LogP contribution >= 0.6 is 27.7 Å². The molecule has 1 amide bonds. The van der Waals surface area contributed by atoms with Crippen molar-refractivity contribution in [2.75, 3.05) is 0 Å². The Bertz CT molecular complexity index is 693. The quantitative estimate of drug-likeness (QED) is 0.640. The lowest BCUT2D eigenvalue weighted by Crippen LogP contribution is -2.63. The highest BCUT2D eigenvalue weighted by Gasteiger charge is 2.54. The summed E-state index contributed by atoms with van der Waals surface area (Å²) < 4.78 is 0. The second kappa shape index (κ2) is 6.72. The average molecular weight is 423 g/mol. The van der Waals surface area contributed by atoms with Gasteiger partial charge >= 0.3 is 0 Å². The lowest BCUT2D eigenvalue weighted by atomic mass is 9.63. The van der Waals surface area contributed by atoms with E-state index in [1.54, 1.807) is 11.8 Å². The molecule has 1 aliphatic carbocycles. The van der Waals surface area contributed by atoms with Gasteiger partial charge < -0.3 is 16.2 Å². The van der Waals surface area contributed by atoms with E-state index in [0.29, 0.717) is 6.42 Å². The van der Waals surface area contributed by atoms with Crippen molar-refractivity contribution in [1.29, 1.82) is 0 Å². The van der Waals surface area contributed by atoms with Crippen molar-refractivity contribution < 1.29 is 9.90 Å². The molecule has 6 heteroatoms. The molecule has 1 saturated carbocycles. The van der Waals surface area contributed by atoms with Crippen LogP contribution in [0.3, 0.4) is 0 Å². The van der Waals surface area contributed by atoms with E-state index in [-0.39, 0.29) is 45.8 Å². The summed E-state index contributed by atoms with van der Waals surface area (Å²) in [6.45, 7) is 1.97. The van der Waals surface area contributed by atoms with Crippen molar-refractivity contribution in [2.45, 2.75) is 47.5 Å². The fourth-order valence-corrected chi connectivity index (χ4v) is 6.56. The first-order valence-electron chi connectivity index (χ1n) is 8.77. The number of rotatable bonds is 2. The van der Waals surface area contributed by atoms with Gasteiger partial charge in [0.1, 0.15) is 0 Å². The number of aliphatic hydroxyl groups is 1. The largest absolute Gasteiger partial charge is 0.392 e. The molecule has 134 valence electrons. The van der Waals surface area contributed by atoms with Gasteiger partial charge in [0.25, 0.3) is 0 Å². The van der Waals surface area contributed by atoms with Crippen LogP contribution < -0.4 is 11.1 Å². The second-order valence-electron chi connectivity index (χ2n) is 7.37. The third-order valence-corrected chi connectivity index (χ3v) is 7.91. The Morgan fingerprint density at radius 1 is 1.36 bits per heavy atom. The van der Waals surface area contributed by atoms with Gasteiger partial charge in [-0.25, -0.2) is 0 Å². The molecule has 1 saturated heterocycles. The van der Waals surface area contributed by atoms with Crippen LogP contribution in [-0.2, 0) is 4.79 Å². The summed E-state index contributed by atoms with van der Waals surface area (Å²) in [6, 6.07) is 8.33. The summed E-state index contributed by atoms with van der Waals surface area (Å²) in [5, 5.41) is 16.1. The lowest BCUT2D eigenvalue weighted by molar-refractivity contribution is -0.126. The molecule has 4 N–H and O–H groups in total. The molecule has 2 fully saturated rings. The zero-order chi connectivity index (χ0) is 17.7. The van der Waals surface area contributed by atoms with Gasteiger partial charge in [-0.05, 0) is 35.8 Å². The SMILES string of the molecule is C[C@@H](N)c1ccc(C2C(O)CC(Br)C3NC(=O)C4SC=CC4C32)cc1. The standard InChI is InChI=1S/C19H23BrN2O2S/c1-9(21)10-2-4-11(5-3-10)15-14(23)8-13(20)17-16(15)12-6-7-25-18(12)19(24)22-17/h2-7,9,12-18,23H,8,21H2,1H3,(H,22,24)/t9-,12?,13?,14?,15?,16?,17?,18?/m1/s1. The molecule has 1 aromatic carbocycles. The number of piperidine rings is 1. The topological polar surface area (TPSA) is 75.3 Å². The average Bonchev–Trinajstić information content (AvgIpc) is 3.07. The summed E-state index contributed by atoms with van der Waals surface area (Å²) in [7, 11) is 0. The maximum Gasteiger partial charge on any atom is 0.234 e. The molecule has 0 bridgehead atoms. The van der Waals surface area contributed by atoms with Gasteiger partial charge in [0.05, 0.1) is 11.4 Å². The minimum atomic E-state index is -0.429. The number of fused-ring (bicyclic) bond motifs is 3. The highest BCUT2D eigenvalue weighted by Crippen LogP contribution is 2.51. The molecule has 8 atom stereocenters. The summed E-state index contributed by atoms with van der Waals surface area (Å²) in [5.41, 5.74) is 8.19. The molecule has 0 spiro atoms. The number of alkyl halides is 1. The van der Waals surface area contributed by atoms with Crippen LogP contribution in [0.5, 0.6) is 0 Å². The van der Waals surface area contributed by atoms with Crippen LogP contribution in [0.2, 0.25) is 0 Å². The Morgan fingerprint density at radius 2 is 2.08 bits per heavy atom. The van der Waals surface area contributed by atoms with Crippen LogP contribution in [0.4, 0.5) is 0 Å². The molecule has 4 rings (SSSR count). The zero-order valence-electron chi connectivity index (χ0n) is 14.0.